The third-order valence-electron chi connectivity index (χ3n) is 2.99. The molecule has 2 aromatic rings. The number of nitrogens with one attached hydrogen (secondary N) is 2. The number of halogens is 1. The van der Waals surface area contributed by atoms with Crippen LogP contribution in [-0.2, 0) is 10.0 Å². The molecule has 0 aliphatic heterocycles. The van der Waals surface area contributed by atoms with Crippen molar-refractivity contribution in [3.63, 3.8) is 0 Å². The number of anilines is 2. The van der Waals surface area contributed by atoms with Gasteiger partial charge in [-0.15, -0.1) is 0 Å². The molecule has 0 atom stereocenters. The first-order chi connectivity index (χ1) is 9.83. The fourth-order valence-electron chi connectivity index (χ4n) is 2.18. The molecule has 0 spiro atoms. The van der Waals surface area contributed by atoms with Crippen LogP contribution in [-0.4, -0.2) is 8.42 Å². The van der Waals surface area contributed by atoms with Gasteiger partial charge in [0.1, 0.15) is 0 Å². The van der Waals surface area contributed by atoms with Crippen molar-refractivity contribution in [2.75, 3.05) is 10.1 Å². The maximum absolute atomic E-state index is 12.6. The number of nitrogen functional groups attached to an aromatic ring is 1. The molecule has 0 aliphatic rings. The molecule has 5 nitrogen and oxygen atoms in total. The van der Waals surface area contributed by atoms with Crippen LogP contribution in [0, 0.1) is 17.4 Å². The van der Waals surface area contributed by atoms with Gasteiger partial charge < -0.3 is 5.43 Å². The molecule has 0 amide bonds. The van der Waals surface area contributed by atoms with Gasteiger partial charge in [0.15, 0.2) is 0 Å². The maximum atomic E-state index is 12.6. The first-order valence-electron chi connectivity index (χ1n) is 6.20. The third kappa shape index (κ3) is 3.66. The Kier molecular flexibility index (Phi) is 4.74. The molecule has 0 aliphatic carbocycles. The Morgan fingerprint density at radius 3 is 2.00 bits per heavy atom. The molecule has 0 radical (unpaired) electrons. The Bertz CT molecular complexity index is 735. The van der Waals surface area contributed by atoms with Crippen molar-refractivity contribution in [2.45, 2.75) is 18.7 Å². The average molecular weight is 417 g/mol. The van der Waals surface area contributed by atoms with Crippen molar-refractivity contribution in [2.24, 2.45) is 5.84 Å². The van der Waals surface area contributed by atoms with Crippen molar-refractivity contribution in [1.82, 2.24) is 0 Å². The van der Waals surface area contributed by atoms with Gasteiger partial charge >= 0.3 is 0 Å². The first kappa shape index (κ1) is 16.1. The smallest absolute Gasteiger partial charge is 0.262 e. The number of hydrazine groups is 1. The molecule has 0 unspecified atom stereocenters. The second-order valence-corrected chi connectivity index (χ2v) is 7.56. The lowest BCUT2D eigenvalue weighted by Gasteiger charge is -2.14. The minimum atomic E-state index is -3.63. The van der Waals surface area contributed by atoms with Gasteiger partial charge in [0.25, 0.3) is 10.0 Å². The number of hydrogen-bond acceptors (Lipinski definition) is 4. The lowest BCUT2D eigenvalue weighted by molar-refractivity contribution is 0.600. The van der Waals surface area contributed by atoms with Crippen LogP contribution in [0.5, 0.6) is 0 Å². The molecular formula is C14H16IN3O2S. The second-order valence-electron chi connectivity index (χ2n) is 4.70. The van der Waals surface area contributed by atoms with Gasteiger partial charge in [-0.25, -0.2) is 8.42 Å². The van der Waals surface area contributed by atoms with Gasteiger partial charge in [-0.2, -0.15) is 0 Å². The molecule has 21 heavy (non-hydrogen) atoms. The van der Waals surface area contributed by atoms with Gasteiger partial charge in [0.05, 0.1) is 4.90 Å². The van der Waals surface area contributed by atoms with E-state index in [9.17, 15) is 8.42 Å². The summed E-state index contributed by atoms with van der Waals surface area (Å²) in [5.41, 5.74) is 5.02. The van der Waals surface area contributed by atoms with Gasteiger partial charge in [-0.05, 0) is 84.0 Å². The van der Waals surface area contributed by atoms with E-state index in [0.29, 0.717) is 22.5 Å². The predicted molar refractivity (Wildman–Crippen MR) is 93.7 cm³/mol. The Morgan fingerprint density at radius 1 is 1.00 bits per heavy atom. The molecule has 0 aromatic heterocycles. The molecular weight excluding hydrogens is 401 g/mol. The molecule has 2 rings (SSSR count). The van der Waals surface area contributed by atoms with E-state index in [1.165, 1.54) is 0 Å². The summed E-state index contributed by atoms with van der Waals surface area (Å²) in [6, 6.07) is 10.6. The first-order valence-corrected chi connectivity index (χ1v) is 8.76. The maximum Gasteiger partial charge on any atom is 0.262 e. The van der Waals surface area contributed by atoms with E-state index in [4.69, 9.17) is 5.84 Å². The zero-order valence-electron chi connectivity index (χ0n) is 11.6. The van der Waals surface area contributed by atoms with Crippen LogP contribution in [0.25, 0.3) is 0 Å². The SMILES string of the molecule is Cc1cc(NN)cc(C)c1S(=O)(=O)Nc1ccc(I)cc1. The highest BCUT2D eigenvalue weighted by Gasteiger charge is 2.20. The van der Waals surface area contributed by atoms with Crippen LogP contribution in [0.2, 0.25) is 0 Å². The summed E-state index contributed by atoms with van der Waals surface area (Å²) in [5.74, 6) is 5.37. The highest BCUT2D eigenvalue weighted by molar-refractivity contribution is 14.1. The van der Waals surface area contributed by atoms with E-state index in [0.717, 1.165) is 3.57 Å². The Balaban J connectivity index is 2.42. The van der Waals surface area contributed by atoms with Crippen molar-refractivity contribution in [1.29, 1.82) is 0 Å². The van der Waals surface area contributed by atoms with Gasteiger partial charge in [-0.1, -0.05) is 0 Å². The van der Waals surface area contributed by atoms with E-state index in [-0.39, 0.29) is 4.90 Å². The third-order valence-corrected chi connectivity index (χ3v) is 5.40. The molecule has 2 aromatic carbocycles. The second kappa shape index (κ2) is 6.20. The predicted octanol–water partition coefficient (Wildman–Crippen LogP) is 2.99. The Labute approximate surface area is 138 Å². The van der Waals surface area contributed by atoms with Gasteiger partial charge in [0, 0.05) is 14.9 Å². The fourth-order valence-corrected chi connectivity index (χ4v) is 4.06. The van der Waals surface area contributed by atoms with Gasteiger partial charge in [0.2, 0.25) is 0 Å². The van der Waals surface area contributed by atoms with Gasteiger partial charge in [-0.3, -0.25) is 10.6 Å². The summed E-state index contributed by atoms with van der Waals surface area (Å²) in [4.78, 5) is 0.278. The number of aryl methyl sites for hydroxylation is 2. The van der Waals surface area contributed by atoms with E-state index < -0.39 is 10.0 Å². The standard InChI is InChI=1S/C14H16IN3O2S/c1-9-7-13(17-16)8-10(2)14(9)21(19,20)18-12-5-3-11(15)4-6-12/h3-8,17-18H,16H2,1-2H3. The number of sulfonamides is 1. The van der Waals surface area contributed by atoms with Crippen LogP contribution in [0.4, 0.5) is 11.4 Å². The van der Waals surface area contributed by atoms with Crippen LogP contribution in [0.15, 0.2) is 41.3 Å². The fraction of sp³-hybridized carbons (Fsp3) is 0.143. The number of hydrogen-bond donors (Lipinski definition) is 3. The molecule has 0 saturated carbocycles. The normalized spacial score (nSPS) is 11.2. The number of nitrogens with two attached hydrogens (primary N) is 1. The zero-order chi connectivity index (χ0) is 15.6. The molecule has 0 fully saturated rings. The van der Waals surface area contributed by atoms with Crippen LogP contribution >= 0.6 is 22.6 Å². The summed E-state index contributed by atoms with van der Waals surface area (Å²) in [6.07, 6.45) is 0. The number of rotatable bonds is 4. The quantitative estimate of drug-likeness (QED) is 0.406. The van der Waals surface area contributed by atoms with Crippen molar-refractivity contribution >= 4 is 44.0 Å². The average Bonchev–Trinajstić information content (AvgIpc) is 2.39. The van der Waals surface area contributed by atoms with Crippen LogP contribution in [0.1, 0.15) is 11.1 Å². The van der Waals surface area contributed by atoms with Crippen LogP contribution in [0.3, 0.4) is 0 Å². The van der Waals surface area contributed by atoms with Crippen LogP contribution < -0.4 is 16.0 Å². The molecule has 0 saturated heterocycles. The van der Waals surface area contributed by atoms with Crippen molar-refractivity contribution < 1.29 is 8.42 Å². The summed E-state index contributed by atoms with van der Waals surface area (Å²) < 4.78 is 28.8. The molecule has 0 bridgehead atoms. The van der Waals surface area contributed by atoms with Crippen molar-refractivity contribution in [3.05, 3.63) is 51.1 Å². The van der Waals surface area contributed by atoms with E-state index in [2.05, 4.69) is 32.7 Å². The molecule has 7 heteroatoms. The molecule has 0 heterocycles. The lowest BCUT2D eigenvalue weighted by atomic mass is 10.1. The Morgan fingerprint density at radius 2 is 1.52 bits per heavy atom. The minimum Gasteiger partial charge on any atom is -0.324 e. The summed E-state index contributed by atoms with van der Waals surface area (Å²) in [6.45, 7) is 3.49. The van der Waals surface area contributed by atoms with E-state index in [1.54, 1.807) is 38.1 Å². The monoisotopic (exact) mass is 417 g/mol. The minimum absolute atomic E-state index is 0.278. The van der Waals surface area contributed by atoms with Crippen molar-refractivity contribution in [3.8, 4) is 0 Å². The summed E-state index contributed by atoms with van der Waals surface area (Å²) >= 11 is 2.17. The molecule has 4 N–H and O–H groups in total. The summed E-state index contributed by atoms with van der Waals surface area (Å²) in [5, 5.41) is 0. The number of benzene rings is 2. The Hall–Kier alpha value is -1.32. The highest BCUT2D eigenvalue weighted by atomic mass is 127. The highest BCUT2D eigenvalue weighted by Crippen LogP contribution is 2.26. The lowest BCUT2D eigenvalue weighted by Crippen LogP contribution is -2.16. The summed E-state index contributed by atoms with van der Waals surface area (Å²) in [7, 11) is -3.63. The van der Waals surface area contributed by atoms with E-state index >= 15 is 0 Å². The van der Waals surface area contributed by atoms with E-state index in [1.807, 2.05) is 12.1 Å². The molecule has 112 valence electrons. The topological polar surface area (TPSA) is 84.2 Å². The zero-order valence-corrected chi connectivity index (χ0v) is 14.6. The largest absolute Gasteiger partial charge is 0.324 e.